The van der Waals surface area contributed by atoms with E-state index in [9.17, 15) is 17.6 Å². The monoisotopic (exact) mass is 276 g/mol. The van der Waals surface area contributed by atoms with E-state index in [4.69, 9.17) is 11.6 Å². The van der Waals surface area contributed by atoms with E-state index in [-0.39, 0.29) is 5.39 Å². The Morgan fingerprint density at radius 3 is 2.22 bits per heavy atom. The lowest BCUT2D eigenvalue weighted by atomic mass is 10.00. The Labute approximate surface area is 106 Å². The van der Waals surface area contributed by atoms with E-state index >= 15 is 0 Å². The predicted octanol–water partition coefficient (Wildman–Crippen LogP) is 5.21. The minimum absolute atomic E-state index is 0.280. The minimum Gasteiger partial charge on any atom is -0.206 e. The van der Waals surface area contributed by atoms with E-state index in [0.29, 0.717) is 10.9 Å². The van der Waals surface area contributed by atoms with Gasteiger partial charge in [-0.2, -0.15) is 13.2 Å². The number of alkyl halides is 4. The molecule has 0 aliphatic heterocycles. The summed E-state index contributed by atoms with van der Waals surface area (Å²) < 4.78 is 50.4. The van der Waals surface area contributed by atoms with Crippen LogP contribution in [0.5, 0.6) is 0 Å². The molecule has 0 fully saturated rings. The highest BCUT2D eigenvalue weighted by atomic mass is 35.5. The zero-order valence-corrected chi connectivity index (χ0v) is 9.89. The average Bonchev–Trinajstić information content (AvgIpc) is 2.27. The van der Waals surface area contributed by atoms with Crippen molar-refractivity contribution in [3.63, 3.8) is 0 Å². The van der Waals surface area contributed by atoms with Gasteiger partial charge in [0.2, 0.25) is 0 Å². The van der Waals surface area contributed by atoms with E-state index in [1.165, 1.54) is 12.1 Å². The van der Waals surface area contributed by atoms with Crippen molar-refractivity contribution in [3.05, 3.63) is 47.8 Å². The Balaban J connectivity index is 2.49. The highest BCUT2D eigenvalue weighted by Gasteiger charge is 2.32. The lowest BCUT2D eigenvalue weighted by Crippen LogP contribution is -2.11. The van der Waals surface area contributed by atoms with E-state index in [1.807, 2.05) is 0 Å². The second kappa shape index (κ2) is 4.76. The molecule has 0 spiro atoms. The minimum atomic E-state index is -4.35. The SMILES string of the molecule is Fc1ccc(C(Cl)CC(F)(F)F)c2ccccc12. The summed E-state index contributed by atoms with van der Waals surface area (Å²) in [5.41, 5.74) is 0.297. The quantitative estimate of drug-likeness (QED) is 0.522. The van der Waals surface area contributed by atoms with Crippen molar-refractivity contribution in [2.75, 3.05) is 0 Å². The molecule has 0 aromatic heterocycles. The Bertz CT molecular complexity index is 562. The highest BCUT2D eigenvalue weighted by molar-refractivity contribution is 6.21. The second-order valence-corrected chi connectivity index (χ2v) is 4.50. The molecule has 0 nitrogen and oxygen atoms in total. The maximum atomic E-state index is 13.5. The molecule has 0 amide bonds. The molecule has 18 heavy (non-hydrogen) atoms. The Morgan fingerprint density at radius 2 is 1.61 bits per heavy atom. The van der Waals surface area contributed by atoms with Gasteiger partial charge in [0.15, 0.2) is 0 Å². The summed E-state index contributed by atoms with van der Waals surface area (Å²) in [6.45, 7) is 0. The maximum absolute atomic E-state index is 13.5. The van der Waals surface area contributed by atoms with Gasteiger partial charge in [0.1, 0.15) is 5.82 Å². The fourth-order valence-electron chi connectivity index (χ4n) is 1.87. The molecule has 5 heteroatoms. The number of fused-ring (bicyclic) bond motifs is 1. The fraction of sp³-hybridized carbons (Fsp3) is 0.231. The molecule has 96 valence electrons. The number of benzene rings is 2. The number of rotatable bonds is 2. The molecule has 2 rings (SSSR count). The van der Waals surface area contributed by atoms with Gasteiger partial charge < -0.3 is 0 Å². The second-order valence-electron chi connectivity index (χ2n) is 3.97. The topological polar surface area (TPSA) is 0 Å². The van der Waals surface area contributed by atoms with Gasteiger partial charge in [0.25, 0.3) is 0 Å². The molecule has 1 atom stereocenters. The third-order valence-corrected chi connectivity index (χ3v) is 3.04. The smallest absolute Gasteiger partial charge is 0.206 e. The summed E-state index contributed by atoms with van der Waals surface area (Å²) >= 11 is 5.78. The third-order valence-electron chi connectivity index (χ3n) is 2.65. The van der Waals surface area contributed by atoms with Crippen molar-refractivity contribution < 1.29 is 17.6 Å². The van der Waals surface area contributed by atoms with Crippen LogP contribution in [0.2, 0.25) is 0 Å². The Kier molecular flexibility index (Phi) is 3.48. The van der Waals surface area contributed by atoms with E-state index < -0.39 is 23.8 Å². The van der Waals surface area contributed by atoms with Crippen molar-refractivity contribution in [1.82, 2.24) is 0 Å². The molecular formula is C13H9ClF4. The summed E-state index contributed by atoms with van der Waals surface area (Å²) in [4.78, 5) is 0. The number of halogens is 5. The Hall–Kier alpha value is -1.29. The molecule has 0 aliphatic rings. The molecule has 2 aromatic rings. The highest BCUT2D eigenvalue weighted by Crippen LogP contribution is 2.37. The van der Waals surface area contributed by atoms with Gasteiger partial charge in [-0.3, -0.25) is 0 Å². The molecular weight excluding hydrogens is 268 g/mol. The molecule has 0 bridgehead atoms. The normalized spacial score (nSPS) is 13.8. The largest absolute Gasteiger partial charge is 0.390 e. The molecule has 0 heterocycles. The van der Waals surface area contributed by atoms with E-state index in [1.54, 1.807) is 18.2 Å². The zero-order chi connectivity index (χ0) is 13.3. The molecule has 0 saturated heterocycles. The van der Waals surface area contributed by atoms with Gasteiger partial charge in [0.05, 0.1) is 11.8 Å². The molecule has 0 N–H and O–H groups in total. The van der Waals surface area contributed by atoms with Crippen LogP contribution >= 0.6 is 11.6 Å². The molecule has 0 radical (unpaired) electrons. The average molecular weight is 277 g/mol. The van der Waals surface area contributed by atoms with Crippen molar-refractivity contribution >= 4 is 22.4 Å². The molecule has 0 saturated carbocycles. The Morgan fingerprint density at radius 1 is 1.00 bits per heavy atom. The maximum Gasteiger partial charge on any atom is 0.390 e. The van der Waals surface area contributed by atoms with Gasteiger partial charge >= 0.3 is 6.18 Å². The van der Waals surface area contributed by atoms with Crippen molar-refractivity contribution in [3.8, 4) is 0 Å². The lowest BCUT2D eigenvalue weighted by molar-refractivity contribution is -0.134. The van der Waals surface area contributed by atoms with Crippen LogP contribution in [0.1, 0.15) is 17.4 Å². The summed E-state index contributed by atoms with van der Waals surface area (Å²) in [6, 6.07) is 8.81. The van der Waals surface area contributed by atoms with E-state index in [0.717, 1.165) is 6.07 Å². The summed E-state index contributed by atoms with van der Waals surface area (Å²) in [5.74, 6) is -0.467. The standard InChI is InChI=1S/C13H9ClF4/c14-11(7-13(16,17)18)9-5-6-12(15)10-4-2-1-3-8(9)10/h1-6,11H,7H2. The summed E-state index contributed by atoms with van der Waals surface area (Å²) in [7, 11) is 0. The van der Waals surface area contributed by atoms with Crippen LogP contribution < -0.4 is 0 Å². The van der Waals surface area contributed by atoms with E-state index in [2.05, 4.69) is 0 Å². The summed E-state index contributed by atoms with van der Waals surface area (Å²) in [5, 5.41) is -0.514. The lowest BCUT2D eigenvalue weighted by Gasteiger charge is -2.15. The molecule has 1 unspecified atom stereocenters. The van der Waals surface area contributed by atoms with Crippen molar-refractivity contribution in [2.45, 2.75) is 18.0 Å². The van der Waals surface area contributed by atoms with Crippen LogP contribution in [-0.4, -0.2) is 6.18 Å². The third kappa shape index (κ3) is 2.75. The number of hydrogen-bond acceptors (Lipinski definition) is 0. The predicted molar refractivity (Wildman–Crippen MR) is 63.2 cm³/mol. The van der Waals surface area contributed by atoms with Gasteiger partial charge in [0, 0.05) is 5.39 Å². The molecule has 0 aliphatic carbocycles. The van der Waals surface area contributed by atoms with Gasteiger partial charge in [-0.05, 0) is 17.0 Å². The zero-order valence-electron chi connectivity index (χ0n) is 9.14. The first-order valence-electron chi connectivity index (χ1n) is 5.26. The van der Waals surface area contributed by atoms with Gasteiger partial charge in [-0.15, -0.1) is 11.6 Å². The van der Waals surface area contributed by atoms with Crippen molar-refractivity contribution in [2.24, 2.45) is 0 Å². The fourth-order valence-corrected chi connectivity index (χ4v) is 2.24. The van der Waals surface area contributed by atoms with Crippen LogP contribution in [0, 0.1) is 5.82 Å². The van der Waals surface area contributed by atoms with Crippen LogP contribution in [0.25, 0.3) is 10.8 Å². The van der Waals surface area contributed by atoms with Crippen LogP contribution in [0.15, 0.2) is 36.4 Å². The van der Waals surface area contributed by atoms with Crippen LogP contribution in [-0.2, 0) is 0 Å². The van der Waals surface area contributed by atoms with Gasteiger partial charge in [-0.25, -0.2) is 4.39 Å². The van der Waals surface area contributed by atoms with Crippen LogP contribution in [0.3, 0.4) is 0 Å². The first-order valence-corrected chi connectivity index (χ1v) is 5.70. The van der Waals surface area contributed by atoms with Crippen LogP contribution in [0.4, 0.5) is 17.6 Å². The first kappa shape index (κ1) is 13.1. The molecule has 2 aromatic carbocycles. The first-order chi connectivity index (χ1) is 8.38. The number of hydrogen-bond donors (Lipinski definition) is 0. The van der Waals surface area contributed by atoms with Gasteiger partial charge in [-0.1, -0.05) is 30.3 Å². The van der Waals surface area contributed by atoms with Crippen molar-refractivity contribution in [1.29, 1.82) is 0 Å². The summed E-state index contributed by atoms with van der Waals surface area (Å²) in [6.07, 6.45) is -5.48.